The van der Waals surface area contributed by atoms with Crippen molar-refractivity contribution in [3.05, 3.63) is 96.8 Å². The van der Waals surface area contributed by atoms with Crippen molar-refractivity contribution in [1.82, 2.24) is 9.97 Å². The molecule has 2 aliphatic rings. The summed E-state index contributed by atoms with van der Waals surface area (Å²) in [6.07, 6.45) is 1.59. The molecule has 0 radical (unpaired) electrons. The molecule has 0 atom stereocenters. The second-order valence-electron chi connectivity index (χ2n) is 8.13. The second kappa shape index (κ2) is 9.06. The van der Waals surface area contributed by atoms with Crippen molar-refractivity contribution in [2.24, 2.45) is 0 Å². The lowest BCUT2D eigenvalue weighted by Gasteiger charge is -2.22. The molecule has 3 nitrogen and oxygen atoms in total. The fourth-order valence-corrected chi connectivity index (χ4v) is 9.13. The first-order valence-corrected chi connectivity index (χ1v) is 14.5. The molecule has 0 spiro atoms. The summed E-state index contributed by atoms with van der Waals surface area (Å²) in [4.78, 5) is 18.9. The van der Waals surface area contributed by atoms with Gasteiger partial charge in [-0.25, -0.2) is 9.97 Å². The highest BCUT2D eigenvalue weighted by Gasteiger charge is 2.26. The van der Waals surface area contributed by atoms with Crippen LogP contribution in [0.4, 0.5) is 0 Å². The lowest BCUT2D eigenvalue weighted by molar-refractivity contribution is 1.10. The molecule has 36 heavy (non-hydrogen) atoms. The Kier molecular flexibility index (Phi) is 5.55. The van der Waals surface area contributed by atoms with E-state index in [0.29, 0.717) is 17.0 Å². The SMILES string of the molecule is N#Cc1c(-c2cccc3c2Sc2ccccc2S3)ncnc1-c1cccc2c1Sc1ccccc1S2. The molecule has 5 aromatic rings. The monoisotopic (exact) mass is 533 g/mol. The predicted molar refractivity (Wildman–Crippen MR) is 147 cm³/mol. The van der Waals surface area contributed by atoms with E-state index in [1.54, 1.807) is 53.4 Å². The smallest absolute Gasteiger partial charge is 0.116 e. The average Bonchev–Trinajstić information content (AvgIpc) is 2.94. The van der Waals surface area contributed by atoms with Gasteiger partial charge in [0.05, 0.1) is 11.4 Å². The highest BCUT2D eigenvalue weighted by Crippen LogP contribution is 2.53. The van der Waals surface area contributed by atoms with Gasteiger partial charge in [0.2, 0.25) is 0 Å². The van der Waals surface area contributed by atoms with Crippen LogP contribution < -0.4 is 0 Å². The Balaban J connectivity index is 1.38. The Hall–Kier alpha value is -3.15. The van der Waals surface area contributed by atoms with Gasteiger partial charge in [0.25, 0.3) is 0 Å². The van der Waals surface area contributed by atoms with Crippen LogP contribution in [-0.4, -0.2) is 9.97 Å². The van der Waals surface area contributed by atoms with E-state index in [2.05, 4.69) is 88.8 Å². The molecule has 7 rings (SSSR count). The molecular weight excluding hydrogens is 519 g/mol. The van der Waals surface area contributed by atoms with Crippen molar-refractivity contribution in [2.45, 2.75) is 39.2 Å². The summed E-state index contributed by atoms with van der Waals surface area (Å²) in [5, 5.41) is 10.4. The standard InChI is InChI=1S/C29H15N3S4/c30-15-19-26(17-7-5-13-24-28(17)35-22-11-3-1-9-20(22)33-24)31-16-32-27(19)18-8-6-14-25-29(18)36-23-12-4-2-10-21(23)34-25/h1-14,16H. The van der Waals surface area contributed by atoms with Gasteiger partial charge in [-0.15, -0.1) is 0 Å². The van der Waals surface area contributed by atoms with E-state index in [9.17, 15) is 5.26 Å². The zero-order chi connectivity index (χ0) is 24.1. The van der Waals surface area contributed by atoms with Crippen molar-refractivity contribution in [3.63, 3.8) is 0 Å². The summed E-state index contributed by atoms with van der Waals surface area (Å²) in [5.74, 6) is 0. The number of hydrogen-bond acceptors (Lipinski definition) is 7. The minimum Gasteiger partial charge on any atom is -0.235 e. The number of rotatable bonds is 2. The molecular formula is C29H15N3S4. The van der Waals surface area contributed by atoms with Crippen LogP contribution in [0.25, 0.3) is 22.5 Å². The number of benzene rings is 4. The van der Waals surface area contributed by atoms with Crippen LogP contribution in [0, 0.1) is 11.3 Å². The largest absolute Gasteiger partial charge is 0.235 e. The predicted octanol–water partition coefficient (Wildman–Crippen LogP) is 8.91. The number of nitriles is 1. The first-order chi connectivity index (χ1) is 17.8. The molecule has 1 aromatic heterocycles. The lowest BCUT2D eigenvalue weighted by atomic mass is 10.0. The van der Waals surface area contributed by atoms with Crippen LogP contribution in [0.2, 0.25) is 0 Å². The van der Waals surface area contributed by atoms with E-state index in [1.807, 2.05) is 12.1 Å². The van der Waals surface area contributed by atoms with E-state index in [-0.39, 0.29) is 0 Å². The Bertz CT molecular complexity index is 1610. The van der Waals surface area contributed by atoms with Gasteiger partial charge in [-0.2, -0.15) is 5.26 Å². The van der Waals surface area contributed by atoms with E-state index in [1.165, 1.54) is 29.4 Å². The Morgan fingerprint density at radius 3 is 1.36 bits per heavy atom. The van der Waals surface area contributed by atoms with Gasteiger partial charge in [-0.1, -0.05) is 95.6 Å². The van der Waals surface area contributed by atoms with Gasteiger partial charge >= 0.3 is 0 Å². The molecule has 0 bridgehead atoms. The second-order valence-corrected chi connectivity index (χ2v) is 12.4. The van der Waals surface area contributed by atoms with Crippen molar-refractivity contribution < 1.29 is 0 Å². The minimum atomic E-state index is 0.508. The molecule has 170 valence electrons. The molecule has 0 fully saturated rings. The maximum absolute atomic E-state index is 10.4. The van der Waals surface area contributed by atoms with Crippen molar-refractivity contribution in [2.75, 3.05) is 0 Å². The number of fused-ring (bicyclic) bond motifs is 4. The number of nitrogens with zero attached hydrogens (tertiary/aromatic N) is 3. The van der Waals surface area contributed by atoms with Gasteiger partial charge in [0, 0.05) is 50.3 Å². The topological polar surface area (TPSA) is 49.6 Å². The van der Waals surface area contributed by atoms with Gasteiger partial charge in [-0.3, -0.25) is 0 Å². The molecule has 7 heteroatoms. The summed E-state index contributed by atoms with van der Waals surface area (Å²) in [7, 11) is 0. The number of hydrogen-bond donors (Lipinski definition) is 0. The number of aromatic nitrogens is 2. The van der Waals surface area contributed by atoms with Crippen molar-refractivity contribution in [3.8, 4) is 28.6 Å². The Morgan fingerprint density at radius 1 is 0.500 bits per heavy atom. The average molecular weight is 534 g/mol. The lowest BCUT2D eigenvalue weighted by Crippen LogP contribution is -2.01. The maximum atomic E-state index is 10.4. The molecule has 4 aromatic carbocycles. The zero-order valence-electron chi connectivity index (χ0n) is 18.6. The van der Waals surface area contributed by atoms with Crippen LogP contribution in [0.1, 0.15) is 5.56 Å². The van der Waals surface area contributed by atoms with Crippen LogP contribution in [0.15, 0.2) is 130 Å². The molecule has 0 amide bonds. The van der Waals surface area contributed by atoms with E-state index < -0.39 is 0 Å². The maximum Gasteiger partial charge on any atom is 0.116 e. The summed E-state index contributed by atoms with van der Waals surface area (Å²) >= 11 is 7.01. The molecule has 2 aliphatic heterocycles. The first-order valence-electron chi connectivity index (χ1n) is 11.2. The summed E-state index contributed by atoms with van der Waals surface area (Å²) < 4.78 is 0. The minimum absolute atomic E-state index is 0.508. The van der Waals surface area contributed by atoms with Crippen LogP contribution >= 0.6 is 47.0 Å². The van der Waals surface area contributed by atoms with Crippen LogP contribution in [-0.2, 0) is 0 Å². The van der Waals surface area contributed by atoms with Crippen molar-refractivity contribution >= 4 is 47.0 Å². The molecule has 0 saturated heterocycles. The van der Waals surface area contributed by atoms with E-state index >= 15 is 0 Å². The third-order valence-corrected chi connectivity index (χ3v) is 11.2. The quantitative estimate of drug-likeness (QED) is 0.220. The highest BCUT2D eigenvalue weighted by atomic mass is 32.2. The summed E-state index contributed by atoms with van der Waals surface area (Å²) in [6.45, 7) is 0. The normalized spacial score (nSPS) is 13.1. The van der Waals surface area contributed by atoms with Gasteiger partial charge in [0.1, 0.15) is 18.0 Å². The first kappa shape index (κ1) is 22.1. The third-order valence-electron chi connectivity index (χ3n) is 5.99. The fourth-order valence-electron chi connectivity index (χ4n) is 4.37. The molecule has 3 heterocycles. The molecule has 0 N–H and O–H groups in total. The molecule has 0 unspecified atom stereocenters. The zero-order valence-corrected chi connectivity index (χ0v) is 21.9. The Morgan fingerprint density at radius 2 is 0.917 bits per heavy atom. The van der Waals surface area contributed by atoms with Gasteiger partial charge in [0.15, 0.2) is 0 Å². The van der Waals surface area contributed by atoms with Gasteiger partial charge < -0.3 is 0 Å². The highest BCUT2D eigenvalue weighted by molar-refractivity contribution is 8.05. The van der Waals surface area contributed by atoms with Crippen LogP contribution in [0.3, 0.4) is 0 Å². The van der Waals surface area contributed by atoms with Gasteiger partial charge in [-0.05, 0) is 36.4 Å². The molecule has 0 aliphatic carbocycles. The Labute approximate surface area is 225 Å². The molecule has 0 saturated carbocycles. The van der Waals surface area contributed by atoms with E-state index in [4.69, 9.17) is 0 Å². The summed E-state index contributed by atoms with van der Waals surface area (Å²) in [5.41, 5.74) is 3.80. The van der Waals surface area contributed by atoms with Crippen molar-refractivity contribution in [1.29, 1.82) is 5.26 Å². The summed E-state index contributed by atoms with van der Waals surface area (Å²) in [6, 6.07) is 31.8. The van der Waals surface area contributed by atoms with E-state index in [0.717, 1.165) is 20.9 Å². The third kappa shape index (κ3) is 3.64. The fraction of sp³-hybridized carbons (Fsp3) is 0. The van der Waals surface area contributed by atoms with Crippen LogP contribution in [0.5, 0.6) is 0 Å².